The first-order chi connectivity index (χ1) is 14.2. The highest BCUT2D eigenvalue weighted by atomic mass is 16.6. The van der Waals surface area contributed by atoms with Gasteiger partial charge in [0.15, 0.2) is 0 Å². The average Bonchev–Trinajstić information content (AvgIpc) is 3.20. The molecule has 1 heterocycles. The maximum atomic E-state index is 12.5. The molecule has 1 aliphatic carbocycles. The number of hydrogen-bond acceptors (Lipinski definition) is 4. The van der Waals surface area contributed by atoms with Crippen LogP contribution in [0, 0.1) is 5.92 Å². The van der Waals surface area contributed by atoms with E-state index in [-0.39, 0.29) is 12.0 Å². The van der Waals surface area contributed by atoms with Gasteiger partial charge in [-0.15, -0.1) is 0 Å². The molecule has 6 nitrogen and oxygen atoms in total. The van der Waals surface area contributed by atoms with Crippen molar-refractivity contribution in [3.8, 4) is 5.75 Å². The second kappa shape index (κ2) is 8.99. The zero-order valence-corrected chi connectivity index (χ0v) is 16.4. The highest BCUT2D eigenvalue weighted by molar-refractivity contribution is 6.04. The Kier molecular flexibility index (Phi) is 5.98. The third-order valence-corrected chi connectivity index (χ3v) is 5.52. The molecule has 0 atom stereocenters. The van der Waals surface area contributed by atoms with E-state index in [2.05, 4.69) is 5.32 Å². The number of ether oxygens (including phenoxy) is 2. The van der Waals surface area contributed by atoms with Crippen molar-refractivity contribution < 1.29 is 19.1 Å². The van der Waals surface area contributed by atoms with E-state index in [1.165, 1.54) is 32.1 Å². The van der Waals surface area contributed by atoms with E-state index in [4.69, 9.17) is 9.47 Å². The highest BCUT2D eigenvalue weighted by Crippen LogP contribution is 2.25. The molecule has 4 rings (SSSR count). The van der Waals surface area contributed by atoms with Crippen LogP contribution >= 0.6 is 0 Å². The van der Waals surface area contributed by atoms with E-state index in [0.29, 0.717) is 30.3 Å². The number of anilines is 2. The Hall–Kier alpha value is -3.02. The quantitative estimate of drug-likeness (QED) is 0.760. The van der Waals surface area contributed by atoms with Gasteiger partial charge < -0.3 is 14.8 Å². The fraction of sp³-hybridized carbons (Fsp3) is 0.391. The first-order valence-electron chi connectivity index (χ1n) is 10.3. The van der Waals surface area contributed by atoms with Crippen LogP contribution in [-0.4, -0.2) is 31.8 Å². The SMILES string of the molecule is O=C(Nc1ccc(OCC2CCCCC2)cc1)c1ccc(N2CCOC2=O)cc1. The molecule has 6 heteroatoms. The molecule has 1 saturated heterocycles. The predicted octanol–water partition coefficient (Wildman–Crippen LogP) is 4.85. The molecule has 1 aliphatic heterocycles. The van der Waals surface area contributed by atoms with Crippen LogP contribution in [0.3, 0.4) is 0 Å². The third kappa shape index (κ3) is 4.88. The molecular weight excluding hydrogens is 368 g/mol. The van der Waals surface area contributed by atoms with E-state index >= 15 is 0 Å². The Morgan fingerprint density at radius 1 is 1.03 bits per heavy atom. The topological polar surface area (TPSA) is 67.9 Å². The van der Waals surface area contributed by atoms with Crippen LogP contribution in [0.15, 0.2) is 48.5 Å². The van der Waals surface area contributed by atoms with Crippen molar-refractivity contribution in [3.63, 3.8) is 0 Å². The van der Waals surface area contributed by atoms with Crippen molar-refractivity contribution in [3.05, 3.63) is 54.1 Å². The molecule has 2 aromatic carbocycles. The molecule has 0 aromatic heterocycles. The van der Waals surface area contributed by atoms with Gasteiger partial charge in [-0.3, -0.25) is 9.69 Å². The van der Waals surface area contributed by atoms with Crippen molar-refractivity contribution in [2.45, 2.75) is 32.1 Å². The number of carbonyl (C=O) groups is 2. The molecule has 0 bridgehead atoms. The van der Waals surface area contributed by atoms with Crippen LogP contribution in [-0.2, 0) is 4.74 Å². The monoisotopic (exact) mass is 394 g/mol. The summed E-state index contributed by atoms with van der Waals surface area (Å²) in [4.78, 5) is 25.6. The minimum atomic E-state index is -0.354. The molecule has 2 aromatic rings. The van der Waals surface area contributed by atoms with Gasteiger partial charge in [0.1, 0.15) is 12.4 Å². The van der Waals surface area contributed by atoms with Crippen molar-refractivity contribution in [2.24, 2.45) is 5.92 Å². The maximum absolute atomic E-state index is 12.5. The molecule has 2 aliphatic rings. The molecular formula is C23H26N2O4. The molecule has 0 spiro atoms. The van der Waals surface area contributed by atoms with Crippen molar-refractivity contribution >= 4 is 23.4 Å². The largest absolute Gasteiger partial charge is 0.493 e. The standard InChI is InChI=1S/C23H26N2O4/c26-22(18-6-10-20(11-7-18)25-14-15-28-23(25)27)24-19-8-12-21(13-9-19)29-16-17-4-2-1-3-5-17/h6-13,17H,1-5,14-16H2,(H,24,26). The number of amides is 2. The first-order valence-corrected chi connectivity index (χ1v) is 10.3. The summed E-state index contributed by atoms with van der Waals surface area (Å²) in [5.41, 5.74) is 1.97. The summed E-state index contributed by atoms with van der Waals surface area (Å²) in [7, 11) is 0. The van der Waals surface area contributed by atoms with Crippen LogP contribution < -0.4 is 15.0 Å². The molecule has 2 amide bonds. The fourth-order valence-electron chi connectivity index (χ4n) is 3.83. The van der Waals surface area contributed by atoms with Crippen molar-refractivity contribution in [1.29, 1.82) is 0 Å². The molecule has 0 radical (unpaired) electrons. The lowest BCUT2D eigenvalue weighted by molar-refractivity contribution is 0.102. The van der Waals surface area contributed by atoms with Gasteiger partial charge in [0.05, 0.1) is 13.2 Å². The smallest absolute Gasteiger partial charge is 0.414 e. The summed E-state index contributed by atoms with van der Waals surface area (Å²) in [5, 5.41) is 2.89. The second-order valence-corrected chi connectivity index (χ2v) is 7.61. The van der Waals surface area contributed by atoms with Crippen LogP contribution in [0.1, 0.15) is 42.5 Å². The maximum Gasteiger partial charge on any atom is 0.414 e. The van der Waals surface area contributed by atoms with E-state index in [0.717, 1.165) is 18.0 Å². The molecule has 1 saturated carbocycles. The number of hydrogen-bond donors (Lipinski definition) is 1. The van der Waals surface area contributed by atoms with E-state index in [1.807, 2.05) is 24.3 Å². The fourth-order valence-corrected chi connectivity index (χ4v) is 3.83. The van der Waals surface area contributed by atoms with Gasteiger partial charge in [-0.25, -0.2) is 4.79 Å². The first kappa shape index (κ1) is 19.3. The molecule has 29 heavy (non-hydrogen) atoms. The number of rotatable bonds is 6. The van der Waals surface area contributed by atoms with E-state index < -0.39 is 0 Å². The number of carbonyl (C=O) groups excluding carboxylic acids is 2. The van der Waals surface area contributed by atoms with Gasteiger partial charge in [0.2, 0.25) is 0 Å². The second-order valence-electron chi connectivity index (χ2n) is 7.61. The van der Waals surface area contributed by atoms with Gasteiger partial charge in [-0.05, 0) is 67.3 Å². The molecule has 1 N–H and O–H groups in total. The van der Waals surface area contributed by atoms with E-state index in [9.17, 15) is 9.59 Å². The summed E-state index contributed by atoms with van der Waals surface area (Å²) in [6.07, 6.45) is 6.12. The number of nitrogens with zero attached hydrogens (tertiary/aromatic N) is 1. The Morgan fingerprint density at radius 2 is 1.76 bits per heavy atom. The van der Waals surface area contributed by atoms with Crippen LogP contribution in [0.2, 0.25) is 0 Å². The van der Waals surface area contributed by atoms with Crippen LogP contribution in [0.4, 0.5) is 16.2 Å². The minimum Gasteiger partial charge on any atom is -0.493 e. The normalized spacial score (nSPS) is 17.1. The van der Waals surface area contributed by atoms with Gasteiger partial charge in [0.25, 0.3) is 5.91 Å². The minimum absolute atomic E-state index is 0.198. The van der Waals surface area contributed by atoms with Gasteiger partial charge in [0, 0.05) is 16.9 Å². The third-order valence-electron chi connectivity index (χ3n) is 5.52. The lowest BCUT2D eigenvalue weighted by atomic mass is 9.90. The number of cyclic esters (lactones) is 1. The summed E-state index contributed by atoms with van der Waals surface area (Å²) >= 11 is 0. The molecule has 0 unspecified atom stereocenters. The summed E-state index contributed by atoms with van der Waals surface area (Å²) < 4.78 is 10.8. The lowest BCUT2D eigenvalue weighted by Gasteiger charge is -2.21. The Balaban J connectivity index is 1.30. The number of benzene rings is 2. The summed E-state index contributed by atoms with van der Waals surface area (Å²) in [5.74, 6) is 1.29. The van der Waals surface area contributed by atoms with Crippen LogP contribution in [0.25, 0.3) is 0 Å². The molecule has 2 fully saturated rings. The zero-order valence-electron chi connectivity index (χ0n) is 16.4. The molecule has 152 valence electrons. The summed E-state index contributed by atoms with van der Waals surface area (Å²) in [6, 6.07) is 14.4. The van der Waals surface area contributed by atoms with Gasteiger partial charge >= 0.3 is 6.09 Å². The zero-order chi connectivity index (χ0) is 20.1. The Labute approximate surface area is 170 Å². The Bertz CT molecular complexity index is 842. The van der Waals surface area contributed by atoms with Gasteiger partial charge in [-0.2, -0.15) is 0 Å². The van der Waals surface area contributed by atoms with Gasteiger partial charge in [-0.1, -0.05) is 19.3 Å². The van der Waals surface area contributed by atoms with Crippen molar-refractivity contribution in [2.75, 3.05) is 30.0 Å². The Morgan fingerprint density at radius 3 is 2.41 bits per heavy atom. The predicted molar refractivity (Wildman–Crippen MR) is 112 cm³/mol. The highest BCUT2D eigenvalue weighted by Gasteiger charge is 2.23. The summed E-state index contributed by atoms with van der Waals surface area (Å²) in [6.45, 7) is 1.68. The van der Waals surface area contributed by atoms with Crippen molar-refractivity contribution in [1.82, 2.24) is 0 Å². The van der Waals surface area contributed by atoms with E-state index in [1.54, 1.807) is 29.2 Å². The van der Waals surface area contributed by atoms with Crippen LogP contribution in [0.5, 0.6) is 5.75 Å². The average molecular weight is 394 g/mol. The number of nitrogens with one attached hydrogen (secondary N) is 1. The lowest BCUT2D eigenvalue weighted by Crippen LogP contribution is -2.23.